The van der Waals surface area contributed by atoms with Gasteiger partial charge in [-0.3, -0.25) is 0 Å². The summed E-state index contributed by atoms with van der Waals surface area (Å²) >= 11 is 0. The van der Waals surface area contributed by atoms with Crippen molar-refractivity contribution in [3.05, 3.63) is 53.6 Å². The molecule has 6 heteroatoms. The second-order valence-electron chi connectivity index (χ2n) is 9.65. The molecule has 0 unspecified atom stereocenters. The lowest BCUT2D eigenvalue weighted by Crippen LogP contribution is -2.48. The highest BCUT2D eigenvalue weighted by Gasteiger charge is 2.51. The van der Waals surface area contributed by atoms with Crippen LogP contribution in [0, 0.1) is 17.8 Å². The molecule has 2 aromatic carbocycles. The van der Waals surface area contributed by atoms with E-state index in [1.807, 2.05) is 0 Å². The maximum Gasteiger partial charge on any atom is 0.288 e. The summed E-state index contributed by atoms with van der Waals surface area (Å²) < 4.78 is 34.3. The molecule has 30 heavy (non-hydrogen) atoms. The predicted molar refractivity (Wildman–Crippen MR) is 117 cm³/mol. The zero-order valence-electron chi connectivity index (χ0n) is 17.1. The molecule has 5 nitrogen and oxygen atoms in total. The maximum absolute atomic E-state index is 12.5. The summed E-state index contributed by atoms with van der Waals surface area (Å²) in [4.78, 5) is 0.139. The first-order valence-electron chi connectivity index (χ1n) is 10.9. The first-order valence-corrected chi connectivity index (χ1v) is 12.3. The van der Waals surface area contributed by atoms with Crippen LogP contribution in [-0.4, -0.2) is 21.4 Å². The van der Waals surface area contributed by atoms with E-state index >= 15 is 0 Å². The lowest BCUT2D eigenvalue weighted by atomic mass is 9.48. The SMILES string of the molecule is COc1cccc2c1S(=O)(=O)N=C2Nc1ccc(C23CC4CC(CC(C4)C2)C3)cc1. The van der Waals surface area contributed by atoms with Crippen LogP contribution < -0.4 is 10.1 Å². The molecule has 0 aromatic heterocycles. The minimum atomic E-state index is -3.76. The largest absolute Gasteiger partial charge is 0.495 e. The van der Waals surface area contributed by atoms with Crippen LogP contribution in [0.4, 0.5) is 5.69 Å². The number of hydrogen-bond donors (Lipinski definition) is 1. The van der Waals surface area contributed by atoms with Gasteiger partial charge in [0.25, 0.3) is 10.0 Å². The van der Waals surface area contributed by atoms with Crippen molar-refractivity contribution in [2.75, 3.05) is 12.4 Å². The van der Waals surface area contributed by atoms with Crippen LogP contribution in [0.1, 0.15) is 49.7 Å². The number of amidine groups is 1. The number of nitrogens with one attached hydrogen (secondary N) is 1. The Morgan fingerprint density at radius 1 is 0.967 bits per heavy atom. The molecule has 5 aliphatic rings. The molecule has 4 saturated carbocycles. The molecular weight excluding hydrogens is 396 g/mol. The highest BCUT2D eigenvalue weighted by atomic mass is 32.2. The summed E-state index contributed by atoms with van der Waals surface area (Å²) in [6.45, 7) is 0. The van der Waals surface area contributed by atoms with Gasteiger partial charge in [0.15, 0.2) is 5.84 Å². The van der Waals surface area contributed by atoms with E-state index in [1.165, 1.54) is 51.2 Å². The van der Waals surface area contributed by atoms with E-state index < -0.39 is 10.0 Å². The summed E-state index contributed by atoms with van der Waals surface area (Å²) in [6, 6.07) is 13.8. The van der Waals surface area contributed by atoms with Crippen LogP contribution in [0.5, 0.6) is 5.75 Å². The molecule has 1 N–H and O–H groups in total. The molecule has 0 spiro atoms. The Kier molecular flexibility index (Phi) is 3.89. The van der Waals surface area contributed by atoms with Gasteiger partial charge in [-0.1, -0.05) is 18.2 Å². The normalized spacial score (nSPS) is 32.6. The van der Waals surface area contributed by atoms with Gasteiger partial charge in [0.05, 0.1) is 7.11 Å². The minimum absolute atomic E-state index is 0.139. The van der Waals surface area contributed by atoms with Crippen molar-refractivity contribution in [3.8, 4) is 5.75 Å². The third-order valence-electron chi connectivity index (χ3n) is 7.72. The lowest BCUT2D eigenvalue weighted by molar-refractivity contribution is -0.00518. The first kappa shape index (κ1) is 18.4. The highest BCUT2D eigenvalue weighted by molar-refractivity contribution is 7.91. The van der Waals surface area contributed by atoms with Crippen LogP contribution in [0.25, 0.3) is 0 Å². The number of ether oxygens (including phenoxy) is 1. The topological polar surface area (TPSA) is 67.8 Å². The second kappa shape index (κ2) is 6.33. The molecule has 4 bridgehead atoms. The molecule has 1 heterocycles. The van der Waals surface area contributed by atoms with Gasteiger partial charge in [-0.15, -0.1) is 4.40 Å². The summed E-state index contributed by atoms with van der Waals surface area (Å²) in [5, 5.41) is 3.22. The Hall–Kier alpha value is -2.34. The van der Waals surface area contributed by atoms with Crippen LogP contribution in [0.15, 0.2) is 51.8 Å². The average Bonchev–Trinajstić information content (AvgIpc) is 2.98. The van der Waals surface area contributed by atoms with Crippen molar-refractivity contribution in [2.45, 2.75) is 48.8 Å². The number of hydrogen-bond acceptors (Lipinski definition) is 4. The van der Waals surface area contributed by atoms with Crippen molar-refractivity contribution in [3.63, 3.8) is 0 Å². The Morgan fingerprint density at radius 2 is 1.60 bits per heavy atom. The number of rotatable bonds is 3. The Balaban J connectivity index is 1.28. The predicted octanol–water partition coefficient (Wildman–Crippen LogP) is 4.72. The van der Waals surface area contributed by atoms with Gasteiger partial charge in [-0.25, -0.2) is 0 Å². The summed E-state index contributed by atoms with van der Waals surface area (Å²) in [5.41, 5.74) is 3.23. The molecule has 1 aliphatic heterocycles. The van der Waals surface area contributed by atoms with Crippen LogP contribution in [0.2, 0.25) is 0 Å². The van der Waals surface area contributed by atoms with Gasteiger partial charge in [-0.05, 0) is 91.5 Å². The standard InChI is InChI=1S/C24H26N2O3S/c1-29-21-4-2-3-20-22(21)30(27,28)26-23(20)25-19-7-5-18(6-8-19)24-12-15-9-16(13-24)11-17(10-15)14-24/h2-8,15-17H,9-14H2,1H3,(H,25,26). The molecular formula is C24H26N2O3S. The van der Waals surface area contributed by atoms with E-state index in [1.54, 1.807) is 18.2 Å². The fourth-order valence-corrected chi connectivity index (χ4v) is 8.27. The quantitative estimate of drug-likeness (QED) is 0.777. The van der Waals surface area contributed by atoms with Crippen molar-refractivity contribution >= 4 is 21.5 Å². The summed E-state index contributed by atoms with van der Waals surface area (Å²) in [7, 11) is -2.28. The van der Waals surface area contributed by atoms with Gasteiger partial charge in [0.1, 0.15) is 10.6 Å². The van der Waals surface area contributed by atoms with E-state index in [4.69, 9.17) is 4.74 Å². The number of fused-ring (bicyclic) bond motifs is 1. The fourth-order valence-electron chi connectivity index (χ4n) is 6.94. The van der Waals surface area contributed by atoms with Gasteiger partial charge in [0.2, 0.25) is 0 Å². The van der Waals surface area contributed by atoms with Gasteiger partial charge in [-0.2, -0.15) is 8.42 Å². The zero-order chi connectivity index (χ0) is 20.5. The van der Waals surface area contributed by atoms with E-state index in [-0.39, 0.29) is 4.90 Å². The minimum Gasteiger partial charge on any atom is -0.495 e. The molecule has 0 radical (unpaired) electrons. The first-order chi connectivity index (χ1) is 14.5. The Morgan fingerprint density at radius 3 is 2.20 bits per heavy atom. The van der Waals surface area contributed by atoms with E-state index in [9.17, 15) is 8.42 Å². The van der Waals surface area contributed by atoms with E-state index in [0.717, 1.165) is 23.4 Å². The number of nitrogens with zero attached hydrogens (tertiary/aromatic N) is 1. The molecule has 4 fully saturated rings. The third kappa shape index (κ3) is 2.73. The summed E-state index contributed by atoms with van der Waals surface area (Å²) in [5.74, 6) is 3.42. The molecule has 0 atom stereocenters. The number of methoxy groups -OCH3 is 1. The Bertz CT molecular complexity index is 1120. The number of sulfonamides is 1. The molecule has 2 aromatic rings. The van der Waals surface area contributed by atoms with Gasteiger partial charge in [0, 0.05) is 11.3 Å². The van der Waals surface area contributed by atoms with Crippen LogP contribution in [-0.2, 0) is 15.4 Å². The van der Waals surface area contributed by atoms with Gasteiger partial charge < -0.3 is 10.1 Å². The zero-order valence-corrected chi connectivity index (χ0v) is 17.9. The lowest BCUT2D eigenvalue weighted by Gasteiger charge is -2.57. The van der Waals surface area contributed by atoms with Crippen molar-refractivity contribution in [1.82, 2.24) is 0 Å². The molecule has 156 valence electrons. The van der Waals surface area contributed by atoms with Crippen LogP contribution in [0.3, 0.4) is 0 Å². The maximum atomic E-state index is 12.5. The molecule has 0 amide bonds. The highest BCUT2D eigenvalue weighted by Crippen LogP contribution is 2.60. The Labute approximate surface area is 177 Å². The van der Waals surface area contributed by atoms with Gasteiger partial charge >= 0.3 is 0 Å². The number of benzene rings is 2. The third-order valence-corrected chi connectivity index (χ3v) is 9.08. The second-order valence-corrected chi connectivity index (χ2v) is 11.2. The fraction of sp³-hybridized carbons (Fsp3) is 0.458. The van der Waals surface area contributed by atoms with E-state index in [2.05, 4.69) is 34.0 Å². The monoisotopic (exact) mass is 422 g/mol. The number of anilines is 1. The van der Waals surface area contributed by atoms with Crippen molar-refractivity contribution < 1.29 is 13.2 Å². The van der Waals surface area contributed by atoms with Crippen molar-refractivity contribution in [2.24, 2.45) is 22.2 Å². The van der Waals surface area contributed by atoms with E-state index in [0.29, 0.717) is 22.6 Å². The van der Waals surface area contributed by atoms with Crippen LogP contribution >= 0.6 is 0 Å². The smallest absolute Gasteiger partial charge is 0.288 e. The average molecular weight is 423 g/mol. The molecule has 4 aliphatic carbocycles. The molecule has 0 saturated heterocycles. The molecule has 7 rings (SSSR count). The van der Waals surface area contributed by atoms with Crippen molar-refractivity contribution in [1.29, 1.82) is 0 Å². The summed E-state index contributed by atoms with van der Waals surface area (Å²) in [6.07, 6.45) is 8.33.